The molecular formula is H7NaO8S2Sn. The van der Waals surface area contributed by atoms with Gasteiger partial charge in [-0.1, -0.05) is 0 Å². The molecule has 0 amide bonds. The van der Waals surface area contributed by atoms with Gasteiger partial charge in [0.25, 0.3) is 0 Å². The number of rotatable bonds is 0. The van der Waals surface area contributed by atoms with Crippen LogP contribution in [0, 0.1) is 0 Å². The first-order valence-electron chi connectivity index (χ1n) is 1.40. The zero-order valence-electron chi connectivity index (χ0n) is 4.95. The van der Waals surface area contributed by atoms with Crippen molar-refractivity contribution in [3.63, 3.8) is 0 Å². The maximum absolute atomic E-state index is 8.74. The molecule has 72 valence electrons. The van der Waals surface area contributed by atoms with Crippen molar-refractivity contribution in [1.82, 2.24) is 0 Å². The van der Waals surface area contributed by atoms with Crippen molar-refractivity contribution in [3.8, 4) is 0 Å². The summed E-state index contributed by atoms with van der Waals surface area (Å²) in [5.74, 6) is 0. The summed E-state index contributed by atoms with van der Waals surface area (Å²) in [5.41, 5.74) is 0. The zero-order valence-corrected chi connectivity index (χ0v) is 10.6. The van der Waals surface area contributed by atoms with Crippen LogP contribution in [0.5, 0.6) is 0 Å². The molecule has 2 radical (unpaired) electrons. The molecule has 12 heavy (non-hydrogen) atoms. The standard InChI is InChI=1S/Na.2H2O4S.Sn.3H/c;2*1-5(2,3)4;;;;/h;2*(H2,1,2,3,4);;;;. The van der Waals surface area contributed by atoms with Crippen molar-refractivity contribution in [2.24, 2.45) is 0 Å². The van der Waals surface area contributed by atoms with Crippen LogP contribution in [0.4, 0.5) is 0 Å². The van der Waals surface area contributed by atoms with Crippen molar-refractivity contribution >= 4 is 74.3 Å². The fourth-order valence-electron chi connectivity index (χ4n) is 0. The van der Waals surface area contributed by atoms with Crippen molar-refractivity contribution in [2.45, 2.75) is 0 Å². The second-order valence-corrected chi connectivity index (χ2v) is 2.69. The summed E-state index contributed by atoms with van der Waals surface area (Å²) in [5, 5.41) is 0. The SMILES string of the molecule is O=S(=O)(O)O.O=S(=O)(O)O.[NaH].[SnH2]. The third-order valence-electron chi connectivity index (χ3n) is 0. The summed E-state index contributed by atoms with van der Waals surface area (Å²) < 4.78 is 63.2. The first-order valence-corrected chi connectivity index (χ1v) is 4.19. The van der Waals surface area contributed by atoms with Gasteiger partial charge in [-0.25, -0.2) is 0 Å². The van der Waals surface area contributed by atoms with Crippen LogP contribution in [0.25, 0.3) is 0 Å². The van der Waals surface area contributed by atoms with Crippen molar-refractivity contribution in [2.75, 3.05) is 0 Å². The first-order chi connectivity index (χ1) is 4.00. The maximum atomic E-state index is 8.74. The molecule has 0 heterocycles. The molecule has 12 heteroatoms. The average molecular weight is 341 g/mol. The van der Waals surface area contributed by atoms with Crippen LogP contribution < -0.4 is 0 Å². The Labute approximate surface area is 108 Å². The molecule has 4 N–H and O–H groups in total. The summed E-state index contributed by atoms with van der Waals surface area (Å²) >= 11 is 0. The van der Waals surface area contributed by atoms with E-state index in [9.17, 15) is 0 Å². The quantitative estimate of drug-likeness (QED) is 0.271. The molecule has 0 spiro atoms. The Morgan fingerprint density at radius 3 is 0.667 bits per heavy atom. The van der Waals surface area contributed by atoms with Crippen molar-refractivity contribution < 1.29 is 35.0 Å². The van der Waals surface area contributed by atoms with E-state index in [1.165, 1.54) is 0 Å². The summed E-state index contributed by atoms with van der Waals surface area (Å²) in [6, 6.07) is 0. The fourth-order valence-corrected chi connectivity index (χ4v) is 0. The van der Waals surface area contributed by atoms with Gasteiger partial charge in [-0.15, -0.1) is 0 Å². The summed E-state index contributed by atoms with van der Waals surface area (Å²) in [6.07, 6.45) is 0. The Kier molecular flexibility index (Phi) is 17.8. The molecule has 8 nitrogen and oxygen atoms in total. The second-order valence-electron chi connectivity index (χ2n) is 0.896. The van der Waals surface area contributed by atoms with Crippen LogP contribution in [-0.2, 0) is 20.8 Å². The van der Waals surface area contributed by atoms with E-state index in [1.54, 1.807) is 0 Å². The molecule has 0 atom stereocenters. The molecule has 0 aromatic carbocycles. The first kappa shape index (κ1) is 23.4. The van der Waals surface area contributed by atoms with Gasteiger partial charge in [0.2, 0.25) is 0 Å². The van der Waals surface area contributed by atoms with E-state index in [0.717, 1.165) is 0 Å². The van der Waals surface area contributed by atoms with E-state index < -0.39 is 20.8 Å². The normalized spacial score (nSPS) is 9.67. The summed E-state index contributed by atoms with van der Waals surface area (Å²) in [4.78, 5) is 0. The Morgan fingerprint density at radius 1 is 0.667 bits per heavy atom. The van der Waals surface area contributed by atoms with Crippen LogP contribution in [0.2, 0.25) is 0 Å². The van der Waals surface area contributed by atoms with E-state index >= 15 is 0 Å². The van der Waals surface area contributed by atoms with E-state index in [1.807, 2.05) is 0 Å². The Morgan fingerprint density at radius 2 is 0.667 bits per heavy atom. The molecular weight excluding hydrogens is 334 g/mol. The molecule has 0 unspecified atom stereocenters. The van der Waals surface area contributed by atoms with Crippen LogP contribution in [0.3, 0.4) is 0 Å². The summed E-state index contributed by atoms with van der Waals surface area (Å²) in [6.45, 7) is 0. The molecule has 0 saturated carbocycles. The summed E-state index contributed by atoms with van der Waals surface area (Å²) in [7, 11) is -9.33. The van der Waals surface area contributed by atoms with Gasteiger partial charge in [-0.05, 0) is 0 Å². The average Bonchev–Trinajstić information content (AvgIpc) is 1.12. The zero-order chi connectivity index (χ0) is 9.00. The third kappa shape index (κ3) is 541. The van der Waals surface area contributed by atoms with Crippen LogP contribution in [-0.4, -0.2) is 88.5 Å². The molecule has 0 bridgehead atoms. The Bertz CT molecular complexity index is 213. The molecule has 0 rings (SSSR count). The van der Waals surface area contributed by atoms with Gasteiger partial charge < -0.3 is 0 Å². The van der Waals surface area contributed by atoms with Gasteiger partial charge in [-0.2, -0.15) is 16.8 Å². The van der Waals surface area contributed by atoms with E-state index in [0.29, 0.717) is 0 Å². The number of hydrogen-bond acceptors (Lipinski definition) is 4. The Hall–Kier alpha value is 1.54. The van der Waals surface area contributed by atoms with Gasteiger partial charge >= 0.3 is 74.3 Å². The molecule has 0 aliphatic carbocycles. The molecule has 0 aliphatic rings. The molecule has 0 saturated heterocycles. The molecule has 0 aromatic heterocycles. The van der Waals surface area contributed by atoms with Gasteiger partial charge in [0.1, 0.15) is 0 Å². The van der Waals surface area contributed by atoms with Gasteiger partial charge in [-0.3, -0.25) is 18.2 Å². The predicted molar refractivity (Wildman–Crippen MR) is 44.0 cm³/mol. The second kappa shape index (κ2) is 9.11. The number of hydrogen-bond donors (Lipinski definition) is 4. The Balaban J connectivity index is -0.0000000457. The van der Waals surface area contributed by atoms with Gasteiger partial charge in [0.05, 0.1) is 0 Å². The molecule has 0 fully saturated rings. The third-order valence-corrected chi connectivity index (χ3v) is 0. The molecule has 0 aromatic rings. The van der Waals surface area contributed by atoms with E-state index in [2.05, 4.69) is 0 Å². The minimum absolute atomic E-state index is 0. The molecule has 0 aliphatic heterocycles. The van der Waals surface area contributed by atoms with E-state index in [4.69, 9.17) is 35.0 Å². The van der Waals surface area contributed by atoms with Crippen molar-refractivity contribution in [3.05, 3.63) is 0 Å². The topological polar surface area (TPSA) is 149 Å². The minimum atomic E-state index is -4.67. The predicted octanol–water partition coefficient (Wildman–Crippen LogP) is -2.87. The van der Waals surface area contributed by atoms with E-state index in [-0.39, 0.29) is 53.5 Å². The van der Waals surface area contributed by atoms with Crippen LogP contribution in [0.15, 0.2) is 0 Å². The van der Waals surface area contributed by atoms with Crippen LogP contribution >= 0.6 is 0 Å². The van der Waals surface area contributed by atoms with Crippen molar-refractivity contribution in [1.29, 1.82) is 0 Å². The monoisotopic (exact) mass is 342 g/mol. The van der Waals surface area contributed by atoms with Crippen LogP contribution in [0.1, 0.15) is 0 Å². The van der Waals surface area contributed by atoms with Gasteiger partial charge in [0, 0.05) is 0 Å². The van der Waals surface area contributed by atoms with Gasteiger partial charge in [0.15, 0.2) is 0 Å². The fraction of sp³-hybridized carbons (Fsp3) is 0.